The molecule has 0 aliphatic heterocycles. The van der Waals surface area contributed by atoms with Crippen molar-refractivity contribution in [2.24, 2.45) is 0 Å². The Labute approximate surface area is 121 Å². The van der Waals surface area contributed by atoms with Gasteiger partial charge in [-0.1, -0.05) is 12.1 Å². The Bertz CT molecular complexity index is 781. The van der Waals surface area contributed by atoms with Crippen LogP contribution in [0.2, 0.25) is 0 Å². The Morgan fingerprint density at radius 2 is 2.16 bits per heavy atom. The molecule has 0 amide bonds. The lowest BCUT2D eigenvalue weighted by Crippen LogP contribution is -2.12. The van der Waals surface area contributed by atoms with Crippen molar-refractivity contribution in [3.63, 3.8) is 0 Å². The van der Waals surface area contributed by atoms with E-state index in [2.05, 4.69) is 31.2 Å². The largest absolute Gasteiger partial charge is 0.351 e. The van der Waals surface area contributed by atoms with E-state index in [4.69, 9.17) is 0 Å². The van der Waals surface area contributed by atoms with Crippen molar-refractivity contribution in [3.8, 4) is 0 Å². The number of rotatable bonds is 3. The number of fused-ring (bicyclic) bond motifs is 1. The summed E-state index contributed by atoms with van der Waals surface area (Å²) in [6, 6.07) is 9.29. The summed E-state index contributed by atoms with van der Waals surface area (Å²) in [6.07, 6.45) is 0. The van der Waals surface area contributed by atoms with E-state index in [-0.39, 0.29) is 5.56 Å². The molecule has 2 N–H and O–H groups in total. The van der Waals surface area contributed by atoms with Gasteiger partial charge in [0, 0.05) is 9.35 Å². The van der Waals surface area contributed by atoms with Crippen LogP contribution >= 0.6 is 27.3 Å². The number of halogens is 1. The molecule has 1 aromatic carbocycles. The first-order valence-corrected chi connectivity index (χ1v) is 7.36. The molecule has 0 aliphatic rings. The van der Waals surface area contributed by atoms with Crippen LogP contribution in [0, 0.1) is 0 Å². The van der Waals surface area contributed by atoms with Gasteiger partial charge < -0.3 is 5.32 Å². The number of anilines is 1. The highest BCUT2D eigenvalue weighted by Gasteiger charge is 2.04. The minimum Gasteiger partial charge on any atom is -0.351 e. The Hall–Kier alpha value is -1.66. The molecular formula is C13H10BrN3OS. The molecule has 3 rings (SSSR count). The zero-order valence-corrected chi connectivity index (χ0v) is 12.2. The second-order valence-electron chi connectivity index (χ2n) is 3.98. The van der Waals surface area contributed by atoms with Crippen molar-refractivity contribution in [1.29, 1.82) is 0 Å². The lowest BCUT2D eigenvalue weighted by atomic mass is 10.2. The number of aromatic nitrogens is 2. The van der Waals surface area contributed by atoms with Gasteiger partial charge in [-0.05, 0) is 39.5 Å². The average Bonchev–Trinajstić information content (AvgIpc) is 2.82. The number of para-hydroxylation sites is 1. The summed E-state index contributed by atoms with van der Waals surface area (Å²) in [4.78, 5) is 20.2. The number of hydrogen-bond donors (Lipinski definition) is 2. The Balaban J connectivity index is 1.90. The standard InChI is InChI=1S/C13H10BrN3OS/c14-9-5-6-19-11(9)7-15-13-16-10-4-2-1-3-8(10)12(18)17-13/h1-6H,7H2,(H2,15,16,17,18). The van der Waals surface area contributed by atoms with Crippen LogP contribution in [-0.2, 0) is 6.54 Å². The maximum Gasteiger partial charge on any atom is 0.260 e. The fourth-order valence-corrected chi connectivity index (χ4v) is 3.22. The van der Waals surface area contributed by atoms with Crippen LogP contribution in [-0.4, -0.2) is 9.97 Å². The predicted octanol–water partition coefficient (Wildman–Crippen LogP) is 3.36. The first-order chi connectivity index (χ1) is 9.24. The number of H-pyrrole nitrogens is 1. The molecule has 0 bridgehead atoms. The van der Waals surface area contributed by atoms with Gasteiger partial charge in [-0.2, -0.15) is 0 Å². The van der Waals surface area contributed by atoms with E-state index in [0.29, 0.717) is 23.4 Å². The predicted molar refractivity (Wildman–Crippen MR) is 81.7 cm³/mol. The fraction of sp³-hybridized carbons (Fsp3) is 0.0769. The monoisotopic (exact) mass is 335 g/mol. The minimum atomic E-state index is -0.127. The van der Waals surface area contributed by atoms with E-state index in [1.165, 1.54) is 0 Å². The third kappa shape index (κ3) is 2.54. The second kappa shape index (κ2) is 5.14. The zero-order valence-electron chi connectivity index (χ0n) is 9.81. The maximum atomic E-state index is 11.9. The normalized spacial score (nSPS) is 10.8. The summed E-state index contributed by atoms with van der Waals surface area (Å²) in [5, 5.41) is 5.75. The molecule has 3 aromatic rings. The summed E-state index contributed by atoms with van der Waals surface area (Å²) < 4.78 is 1.06. The van der Waals surface area contributed by atoms with Gasteiger partial charge in [0.05, 0.1) is 17.4 Å². The summed E-state index contributed by atoms with van der Waals surface area (Å²) in [5.41, 5.74) is 0.567. The number of aromatic amines is 1. The van der Waals surface area contributed by atoms with Crippen molar-refractivity contribution in [2.45, 2.75) is 6.54 Å². The molecule has 2 aromatic heterocycles. The van der Waals surface area contributed by atoms with Crippen LogP contribution < -0.4 is 10.9 Å². The van der Waals surface area contributed by atoms with Crippen molar-refractivity contribution < 1.29 is 0 Å². The molecule has 0 fully saturated rings. The van der Waals surface area contributed by atoms with E-state index in [9.17, 15) is 4.79 Å². The van der Waals surface area contributed by atoms with Gasteiger partial charge in [0.25, 0.3) is 5.56 Å². The fourth-order valence-electron chi connectivity index (χ4n) is 1.79. The van der Waals surface area contributed by atoms with Crippen LogP contribution in [0.4, 0.5) is 5.95 Å². The average molecular weight is 336 g/mol. The van der Waals surface area contributed by atoms with Crippen LogP contribution in [0.3, 0.4) is 0 Å². The third-order valence-corrected chi connectivity index (χ3v) is 4.65. The number of thiophene rings is 1. The summed E-state index contributed by atoms with van der Waals surface area (Å²) in [5.74, 6) is 0.490. The number of nitrogens with zero attached hydrogens (tertiary/aromatic N) is 1. The smallest absolute Gasteiger partial charge is 0.260 e. The number of nitrogens with one attached hydrogen (secondary N) is 2. The van der Waals surface area contributed by atoms with Crippen molar-refractivity contribution in [1.82, 2.24) is 9.97 Å². The molecule has 96 valence electrons. The highest BCUT2D eigenvalue weighted by molar-refractivity contribution is 9.10. The number of benzene rings is 1. The van der Waals surface area contributed by atoms with Gasteiger partial charge in [0.15, 0.2) is 0 Å². The molecule has 0 radical (unpaired) electrons. The third-order valence-electron chi connectivity index (χ3n) is 2.72. The summed E-state index contributed by atoms with van der Waals surface area (Å²) >= 11 is 5.12. The minimum absolute atomic E-state index is 0.127. The highest BCUT2D eigenvalue weighted by Crippen LogP contribution is 2.23. The first kappa shape index (κ1) is 12.4. The van der Waals surface area contributed by atoms with Gasteiger partial charge in [-0.25, -0.2) is 4.98 Å². The molecule has 0 saturated heterocycles. The topological polar surface area (TPSA) is 57.8 Å². The SMILES string of the molecule is O=c1[nH]c(NCc2sccc2Br)nc2ccccc12. The highest BCUT2D eigenvalue weighted by atomic mass is 79.9. The van der Waals surface area contributed by atoms with Gasteiger partial charge in [0.1, 0.15) is 0 Å². The van der Waals surface area contributed by atoms with Gasteiger partial charge in [-0.15, -0.1) is 11.3 Å². The molecular weight excluding hydrogens is 326 g/mol. The lowest BCUT2D eigenvalue weighted by molar-refractivity contribution is 1.07. The van der Waals surface area contributed by atoms with Gasteiger partial charge in [0.2, 0.25) is 5.95 Å². The molecule has 0 spiro atoms. The van der Waals surface area contributed by atoms with Gasteiger partial charge in [-0.3, -0.25) is 9.78 Å². The molecule has 0 unspecified atom stereocenters. The summed E-state index contributed by atoms with van der Waals surface area (Å²) in [7, 11) is 0. The molecule has 0 atom stereocenters. The lowest BCUT2D eigenvalue weighted by Gasteiger charge is -2.05. The van der Waals surface area contributed by atoms with Crippen LogP contribution in [0.25, 0.3) is 10.9 Å². The second-order valence-corrected chi connectivity index (χ2v) is 5.83. The van der Waals surface area contributed by atoms with E-state index < -0.39 is 0 Å². The maximum absolute atomic E-state index is 11.9. The van der Waals surface area contributed by atoms with Crippen molar-refractivity contribution >= 4 is 44.1 Å². The van der Waals surface area contributed by atoms with Crippen molar-refractivity contribution in [3.05, 3.63) is 55.4 Å². The van der Waals surface area contributed by atoms with E-state index in [1.54, 1.807) is 17.4 Å². The van der Waals surface area contributed by atoms with Gasteiger partial charge >= 0.3 is 0 Å². The molecule has 4 nitrogen and oxygen atoms in total. The van der Waals surface area contributed by atoms with Crippen molar-refractivity contribution in [2.75, 3.05) is 5.32 Å². The van der Waals surface area contributed by atoms with Crippen LogP contribution in [0.1, 0.15) is 4.88 Å². The molecule has 0 saturated carbocycles. The molecule has 6 heteroatoms. The van der Waals surface area contributed by atoms with Crippen LogP contribution in [0.15, 0.2) is 45.0 Å². The summed E-state index contributed by atoms with van der Waals surface area (Å²) in [6.45, 7) is 0.625. The van der Waals surface area contributed by atoms with E-state index in [0.717, 1.165) is 9.35 Å². The zero-order chi connectivity index (χ0) is 13.2. The molecule has 0 aliphatic carbocycles. The Kier molecular flexibility index (Phi) is 3.35. The molecule has 2 heterocycles. The van der Waals surface area contributed by atoms with E-state index in [1.807, 2.05) is 29.6 Å². The Morgan fingerprint density at radius 1 is 1.32 bits per heavy atom. The number of hydrogen-bond acceptors (Lipinski definition) is 4. The Morgan fingerprint density at radius 3 is 2.95 bits per heavy atom. The van der Waals surface area contributed by atoms with Crippen LogP contribution in [0.5, 0.6) is 0 Å². The first-order valence-electron chi connectivity index (χ1n) is 5.69. The van der Waals surface area contributed by atoms with E-state index >= 15 is 0 Å². The quantitative estimate of drug-likeness (QED) is 0.771. The molecule has 19 heavy (non-hydrogen) atoms.